The summed E-state index contributed by atoms with van der Waals surface area (Å²) in [5.74, 6) is -0.112. The number of halogens is 2. The normalized spacial score (nSPS) is 17.1. The van der Waals surface area contributed by atoms with Crippen LogP contribution in [0.2, 0.25) is 0 Å². The summed E-state index contributed by atoms with van der Waals surface area (Å²) in [7, 11) is 0. The quantitative estimate of drug-likeness (QED) is 0.385. The van der Waals surface area contributed by atoms with Crippen molar-refractivity contribution in [3.05, 3.63) is 66.9 Å². The van der Waals surface area contributed by atoms with Crippen molar-refractivity contribution < 1.29 is 19.1 Å². The van der Waals surface area contributed by atoms with Crippen LogP contribution in [0.4, 0.5) is 4.79 Å². The molecule has 10 heteroatoms. The summed E-state index contributed by atoms with van der Waals surface area (Å²) in [6, 6.07) is 12.9. The maximum Gasteiger partial charge on any atom is 0.294 e. The van der Waals surface area contributed by atoms with Gasteiger partial charge < -0.3 is 9.64 Å². The highest BCUT2D eigenvalue weighted by Crippen LogP contribution is 2.38. The van der Waals surface area contributed by atoms with Gasteiger partial charge in [-0.15, -0.1) is 0 Å². The van der Waals surface area contributed by atoms with Crippen LogP contribution in [0.25, 0.3) is 6.08 Å². The number of amides is 3. The first-order chi connectivity index (χ1) is 16.9. The Bertz CT molecular complexity index is 1230. The molecule has 35 heavy (non-hydrogen) atoms. The van der Waals surface area contributed by atoms with Gasteiger partial charge in [0.2, 0.25) is 5.91 Å². The number of benzene rings is 2. The van der Waals surface area contributed by atoms with E-state index in [2.05, 4.69) is 37.9 Å². The van der Waals surface area contributed by atoms with Crippen molar-refractivity contribution in [2.75, 3.05) is 19.6 Å². The van der Waals surface area contributed by atoms with E-state index in [1.165, 1.54) is 0 Å². The Kier molecular flexibility index (Phi) is 8.31. The molecule has 0 aliphatic carbocycles. The number of hydrogen-bond donors (Lipinski definition) is 0. The number of likely N-dealkylation sites (tertiary alicyclic amines) is 1. The molecule has 4 rings (SSSR count). The van der Waals surface area contributed by atoms with Crippen molar-refractivity contribution in [1.29, 1.82) is 5.26 Å². The topological polar surface area (TPSA) is 90.7 Å². The molecule has 0 atom stereocenters. The van der Waals surface area contributed by atoms with Gasteiger partial charge in [0.05, 0.1) is 25.5 Å². The van der Waals surface area contributed by atoms with Gasteiger partial charge in [-0.1, -0.05) is 18.2 Å². The van der Waals surface area contributed by atoms with Gasteiger partial charge in [-0.2, -0.15) is 5.26 Å². The highest BCUT2D eigenvalue weighted by molar-refractivity contribution is 9.11. The third-order valence-electron chi connectivity index (χ3n) is 5.70. The average Bonchev–Trinajstić information content (AvgIpc) is 3.11. The Balaban J connectivity index is 1.46. The largest absolute Gasteiger partial charge is 0.486 e. The minimum Gasteiger partial charge on any atom is -0.486 e. The third kappa shape index (κ3) is 5.97. The lowest BCUT2D eigenvalue weighted by Crippen LogP contribution is -2.44. The zero-order chi connectivity index (χ0) is 24.9. The molecule has 2 aromatic carbocycles. The van der Waals surface area contributed by atoms with Gasteiger partial charge in [-0.25, -0.2) is 0 Å². The monoisotopic (exact) mass is 617 g/mol. The third-order valence-corrected chi connectivity index (χ3v) is 7.79. The van der Waals surface area contributed by atoms with Crippen molar-refractivity contribution in [2.24, 2.45) is 0 Å². The molecule has 2 fully saturated rings. The smallest absolute Gasteiger partial charge is 0.294 e. The van der Waals surface area contributed by atoms with E-state index in [1.807, 2.05) is 12.1 Å². The molecule has 0 unspecified atom stereocenters. The number of rotatable bonds is 6. The van der Waals surface area contributed by atoms with Crippen LogP contribution >= 0.6 is 43.6 Å². The maximum absolute atomic E-state index is 12.9. The van der Waals surface area contributed by atoms with E-state index in [9.17, 15) is 19.6 Å². The molecule has 2 aliphatic heterocycles. The van der Waals surface area contributed by atoms with E-state index in [0.29, 0.717) is 38.9 Å². The van der Waals surface area contributed by atoms with E-state index in [0.717, 1.165) is 41.5 Å². The van der Waals surface area contributed by atoms with Crippen LogP contribution in [0.1, 0.15) is 36.0 Å². The van der Waals surface area contributed by atoms with Crippen LogP contribution < -0.4 is 4.74 Å². The molecule has 2 aliphatic rings. The molecule has 180 valence electrons. The summed E-state index contributed by atoms with van der Waals surface area (Å²) in [5.41, 5.74) is 2.00. The average molecular weight is 619 g/mol. The second-order valence-electron chi connectivity index (χ2n) is 8.08. The first-order valence-corrected chi connectivity index (χ1v) is 13.4. The second-order valence-corrected chi connectivity index (χ2v) is 10.8. The molecular formula is C25H21Br2N3O4S. The summed E-state index contributed by atoms with van der Waals surface area (Å²) < 4.78 is 7.23. The first kappa shape index (κ1) is 25.5. The van der Waals surface area contributed by atoms with Crippen LogP contribution in [0.3, 0.4) is 0 Å². The summed E-state index contributed by atoms with van der Waals surface area (Å²) in [6.07, 6.45) is 4.61. The van der Waals surface area contributed by atoms with Gasteiger partial charge in [-0.05, 0) is 92.7 Å². The lowest BCUT2D eigenvalue weighted by molar-refractivity contribution is -0.136. The predicted octanol–water partition coefficient (Wildman–Crippen LogP) is 5.71. The predicted molar refractivity (Wildman–Crippen MR) is 140 cm³/mol. The number of carbonyl (C=O) groups excluding carboxylic acids is 3. The van der Waals surface area contributed by atoms with E-state index in [-0.39, 0.29) is 24.0 Å². The fourth-order valence-electron chi connectivity index (χ4n) is 3.87. The second kappa shape index (κ2) is 11.4. The van der Waals surface area contributed by atoms with Gasteiger partial charge in [-0.3, -0.25) is 19.3 Å². The van der Waals surface area contributed by atoms with Gasteiger partial charge in [0.1, 0.15) is 18.9 Å². The van der Waals surface area contributed by atoms with Gasteiger partial charge in [0.15, 0.2) is 0 Å². The SMILES string of the molecule is N#Cc1ccccc1COc1c(Br)cc(/C=C2\SC(=O)N(CC(=O)N3CCCCC3)C2=O)cc1Br. The van der Waals surface area contributed by atoms with E-state index in [1.54, 1.807) is 35.2 Å². The summed E-state index contributed by atoms with van der Waals surface area (Å²) in [6.45, 7) is 1.32. The van der Waals surface area contributed by atoms with Crippen LogP contribution in [0.15, 0.2) is 50.2 Å². The Labute approximate surface area is 224 Å². The number of ether oxygens (including phenoxy) is 1. The van der Waals surface area contributed by atoms with E-state index >= 15 is 0 Å². The van der Waals surface area contributed by atoms with Crippen LogP contribution in [0.5, 0.6) is 5.75 Å². The zero-order valence-electron chi connectivity index (χ0n) is 18.6. The molecular weight excluding hydrogens is 598 g/mol. The van der Waals surface area contributed by atoms with Crippen molar-refractivity contribution >= 4 is 66.8 Å². The first-order valence-electron chi connectivity index (χ1n) is 11.0. The zero-order valence-corrected chi connectivity index (χ0v) is 22.6. The summed E-state index contributed by atoms with van der Waals surface area (Å²) in [5, 5.41) is 8.82. The minimum atomic E-state index is -0.467. The van der Waals surface area contributed by atoms with Crippen LogP contribution in [0, 0.1) is 11.3 Å². The number of carbonyl (C=O) groups is 3. The number of piperidine rings is 1. The summed E-state index contributed by atoms with van der Waals surface area (Å²) >= 11 is 7.84. The molecule has 0 aromatic heterocycles. The molecule has 2 saturated heterocycles. The number of imide groups is 1. The lowest BCUT2D eigenvalue weighted by atomic mass is 10.1. The number of thioether (sulfide) groups is 1. The van der Waals surface area contributed by atoms with Crippen molar-refractivity contribution in [3.63, 3.8) is 0 Å². The fraction of sp³-hybridized carbons (Fsp3) is 0.280. The summed E-state index contributed by atoms with van der Waals surface area (Å²) in [4.78, 5) is 40.9. The molecule has 3 amide bonds. The molecule has 0 radical (unpaired) electrons. The van der Waals surface area contributed by atoms with E-state index in [4.69, 9.17) is 4.74 Å². The standard InChI is InChI=1S/C25H21Br2N3O4S/c26-19-10-16(11-20(27)23(19)34-15-18-7-3-2-6-17(18)13-28)12-21-24(32)30(25(33)35-21)14-22(31)29-8-4-1-5-9-29/h2-3,6-7,10-12H,1,4-5,8-9,14-15H2/b21-12-. The Morgan fingerprint density at radius 2 is 1.80 bits per heavy atom. The number of nitrogens with zero attached hydrogens (tertiary/aromatic N) is 3. The lowest BCUT2D eigenvalue weighted by Gasteiger charge is -2.27. The van der Waals surface area contributed by atoms with Crippen molar-refractivity contribution in [1.82, 2.24) is 9.80 Å². The van der Waals surface area contributed by atoms with Gasteiger partial charge >= 0.3 is 0 Å². The van der Waals surface area contributed by atoms with Crippen LogP contribution in [-0.4, -0.2) is 46.5 Å². The highest BCUT2D eigenvalue weighted by Gasteiger charge is 2.37. The molecule has 0 N–H and O–H groups in total. The Morgan fingerprint density at radius 1 is 1.11 bits per heavy atom. The van der Waals surface area contributed by atoms with Crippen molar-refractivity contribution in [3.8, 4) is 11.8 Å². The molecule has 0 saturated carbocycles. The molecule has 2 aromatic rings. The van der Waals surface area contributed by atoms with Crippen LogP contribution in [-0.2, 0) is 16.2 Å². The van der Waals surface area contributed by atoms with Gasteiger partial charge in [0.25, 0.3) is 11.1 Å². The molecule has 0 spiro atoms. The fourth-order valence-corrected chi connectivity index (χ4v) is 6.16. The minimum absolute atomic E-state index is 0.196. The van der Waals surface area contributed by atoms with Crippen molar-refractivity contribution in [2.45, 2.75) is 25.9 Å². The van der Waals surface area contributed by atoms with Gasteiger partial charge in [0, 0.05) is 18.7 Å². The molecule has 7 nitrogen and oxygen atoms in total. The Hall–Kier alpha value is -2.61. The van der Waals surface area contributed by atoms with E-state index < -0.39 is 11.1 Å². The number of nitriles is 1. The Morgan fingerprint density at radius 3 is 2.49 bits per heavy atom. The molecule has 0 bridgehead atoms. The maximum atomic E-state index is 12.9. The molecule has 2 heterocycles. The highest BCUT2D eigenvalue weighted by atomic mass is 79.9. The number of hydrogen-bond acceptors (Lipinski definition) is 6.